The molecule has 0 aromatic carbocycles. The number of hydrogen-bond acceptors (Lipinski definition) is 7. The van der Waals surface area contributed by atoms with Gasteiger partial charge in [-0.15, -0.1) is 11.3 Å². The maximum absolute atomic E-state index is 12.6. The zero-order valence-corrected chi connectivity index (χ0v) is 21.9. The van der Waals surface area contributed by atoms with Gasteiger partial charge in [0.25, 0.3) is 0 Å². The first-order valence-corrected chi connectivity index (χ1v) is 12.0. The summed E-state index contributed by atoms with van der Waals surface area (Å²) in [5.74, 6) is -5.35. The van der Waals surface area contributed by atoms with Crippen molar-refractivity contribution in [3.05, 3.63) is 34.3 Å². The van der Waals surface area contributed by atoms with Gasteiger partial charge in [0.15, 0.2) is 0 Å². The Morgan fingerprint density at radius 3 is 2.05 bits per heavy atom. The first-order chi connectivity index (χ1) is 17.8. The van der Waals surface area contributed by atoms with Crippen molar-refractivity contribution in [2.75, 3.05) is 38.1 Å². The zero-order chi connectivity index (χ0) is 29.8. The monoisotopic (exact) mass is 587 g/mol. The molecule has 2 saturated heterocycles. The Kier molecular flexibility index (Phi) is 10.1. The summed E-state index contributed by atoms with van der Waals surface area (Å²) < 4.78 is 65.2. The van der Waals surface area contributed by atoms with Gasteiger partial charge in [-0.1, -0.05) is 0 Å². The van der Waals surface area contributed by atoms with Gasteiger partial charge in [0, 0.05) is 49.2 Å². The molecule has 1 unspecified atom stereocenters. The van der Waals surface area contributed by atoms with Crippen LogP contribution in [-0.2, 0) is 28.0 Å². The molecule has 1 amide bonds. The van der Waals surface area contributed by atoms with E-state index in [0.717, 1.165) is 38.3 Å². The second-order valence-corrected chi connectivity index (χ2v) is 10.4. The van der Waals surface area contributed by atoms with Crippen LogP contribution in [0, 0.1) is 6.92 Å². The number of carbonyl (C=O) groups is 3. The van der Waals surface area contributed by atoms with Gasteiger partial charge in [-0.2, -0.15) is 31.4 Å². The summed E-state index contributed by atoms with van der Waals surface area (Å²) in [6, 6.07) is 4.43. The van der Waals surface area contributed by atoms with Gasteiger partial charge in [0.2, 0.25) is 5.91 Å². The number of hydrogen-bond donors (Lipinski definition) is 2. The van der Waals surface area contributed by atoms with Crippen LogP contribution in [-0.4, -0.2) is 98.8 Å². The quantitative estimate of drug-likeness (QED) is 0.527. The number of halogens is 6. The number of carboxylic acid groups (broad SMARTS) is 2. The molecule has 4 heterocycles. The average Bonchev–Trinajstić information content (AvgIpc) is 3.52. The minimum Gasteiger partial charge on any atom is -0.475 e. The van der Waals surface area contributed by atoms with Crippen LogP contribution < -0.4 is 4.90 Å². The minimum atomic E-state index is -5.08. The Morgan fingerprint density at radius 2 is 1.62 bits per heavy atom. The van der Waals surface area contributed by atoms with E-state index in [1.165, 1.54) is 9.75 Å². The summed E-state index contributed by atoms with van der Waals surface area (Å²) in [6.45, 7) is 6.47. The second-order valence-electron chi connectivity index (χ2n) is 9.01. The highest BCUT2D eigenvalue weighted by molar-refractivity contribution is 7.11. The molecule has 2 N–H and O–H groups in total. The van der Waals surface area contributed by atoms with Gasteiger partial charge in [-0.05, 0) is 32.5 Å². The van der Waals surface area contributed by atoms with E-state index in [2.05, 4.69) is 41.0 Å². The van der Waals surface area contributed by atoms with Crippen molar-refractivity contribution in [2.45, 2.75) is 37.8 Å². The van der Waals surface area contributed by atoms with Gasteiger partial charge < -0.3 is 15.1 Å². The summed E-state index contributed by atoms with van der Waals surface area (Å²) >= 11 is 1.88. The Balaban J connectivity index is 0.000000317. The number of carboxylic acids is 2. The predicted molar refractivity (Wildman–Crippen MR) is 127 cm³/mol. The third-order valence-electron chi connectivity index (χ3n) is 6.01. The molecule has 4 rings (SSSR count). The molecule has 1 atom stereocenters. The number of piperazine rings is 1. The molecule has 39 heavy (non-hydrogen) atoms. The van der Waals surface area contributed by atoms with Gasteiger partial charge in [-0.25, -0.2) is 9.59 Å². The lowest BCUT2D eigenvalue weighted by atomic mass is 9.93. The minimum absolute atomic E-state index is 0.0378. The number of aromatic nitrogens is 2. The van der Waals surface area contributed by atoms with Crippen LogP contribution in [0.4, 0.5) is 32.0 Å². The Hall–Kier alpha value is -3.18. The maximum atomic E-state index is 12.6. The fourth-order valence-electron chi connectivity index (χ4n) is 4.05. The molecule has 0 aliphatic carbocycles. The number of carbonyl (C=O) groups excluding carboxylic acids is 1. The number of aryl methyl sites for hydroxylation is 2. The van der Waals surface area contributed by atoms with Crippen molar-refractivity contribution in [3.8, 4) is 0 Å². The van der Waals surface area contributed by atoms with Gasteiger partial charge >= 0.3 is 24.3 Å². The van der Waals surface area contributed by atoms with E-state index in [1.54, 1.807) is 10.9 Å². The van der Waals surface area contributed by atoms with Crippen molar-refractivity contribution >= 4 is 34.9 Å². The van der Waals surface area contributed by atoms with Crippen molar-refractivity contribution in [3.63, 3.8) is 0 Å². The van der Waals surface area contributed by atoms with E-state index in [-0.39, 0.29) is 11.4 Å². The second kappa shape index (κ2) is 12.3. The highest BCUT2D eigenvalue weighted by Gasteiger charge is 2.47. The SMILES string of the molecule is Cc1ccc(CN2CCC3(C2)CN(c2cnn(C)c2)C(=O)CN3C)s1.O=C(O)C(F)(F)F.O=C(O)C(F)(F)F. The number of alkyl halides is 6. The molecule has 2 aromatic rings. The van der Waals surface area contributed by atoms with Crippen molar-refractivity contribution in [1.29, 1.82) is 0 Å². The number of amides is 1. The van der Waals surface area contributed by atoms with Crippen LogP contribution >= 0.6 is 11.3 Å². The molecular weight excluding hydrogens is 560 g/mol. The number of likely N-dealkylation sites (tertiary alicyclic amines) is 1. The molecule has 17 heteroatoms. The van der Waals surface area contributed by atoms with Crippen LogP contribution in [0.3, 0.4) is 0 Å². The third-order valence-corrected chi connectivity index (χ3v) is 7.00. The summed E-state index contributed by atoms with van der Waals surface area (Å²) in [6.07, 6.45) is -5.35. The lowest BCUT2D eigenvalue weighted by Gasteiger charge is -2.46. The first-order valence-electron chi connectivity index (χ1n) is 11.2. The van der Waals surface area contributed by atoms with Crippen LogP contribution in [0.15, 0.2) is 24.5 Å². The standard InChI is InChI=1S/C18H25N5OS.2C2HF3O2/c1-14-4-5-16(25-14)10-22-7-6-18(12-22)13-23(17(24)11-20(18)2)15-8-19-21(3)9-15;2*3-2(4,5)1(6)7/h4-5,8-9H,6-7,10-13H2,1-3H3;2*(H,6,7). The molecule has 0 saturated carbocycles. The number of likely N-dealkylation sites (N-methyl/N-ethyl adjacent to an activating group) is 1. The van der Waals surface area contributed by atoms with Gasteiger partial charge in [0.1, 0.15) is 0 Å². The van der Waals surface area contributed by atoms with Gasteiger partial charge in [-0.3, -0.25) is 19.3 Å². The van der Waals surface area contributed by atoms with E-state index < -0.39 is 24.3 Å². The summed E-state index contributed by atoms with van der Waals surface area (Å²) in [5.41, 5.74) is 0.947. The zero-order valence-electron chi connectivity index (χ0n) is 21.1. The number of thiophene rings is 1. The van der Waals surface area contributed by atoms with Crippen LogP contribution in [0.25, 0.3) is 0 Å². The smallest absolute Gasteiger partial charge is 0.475 e. The molecule has 2 aliphatic heterocycles. The average molecular weight is 588 g/mol. The molecule has 2 aliphatic rings. The number of anilines is 1. The largest absolute Gasteiger partial charge is 0.490 e. The topological polar surface area (TPSA) is 119 Å². The fourth-order valence-corrected chi connectivity index (χ4v) is 4.98. The Bertz CT molecular complexity index is 1140. The molecule has 0 radical (unpaired) electrons. The van der Waals surface area contributed by atoms with Crippen LogP contribution in [0.1, 0.15) is 16.2 Å². The van der Waals surface area contributed by atoms with E-state index in [9.17, 15) is 31.1 Å². The van der Waals surface area contributed by atoms with Crippen LogP contribution in [0.2, 0.25) is 0 Å². The molecule has 2 fully saturated rings. The van der Waals surface area contributed by atoms with Gasteiger partial charge in [0.05, 0.1) is 24.0 Å². The van der Waals surface area contributed by atoms with E-state index in [4.69, 9.17) is 19.8 Å². The summed E-state index contributed by atoms with van der Waals surface area (Å²) in [5, 5.41) is 18.5. The molecule has 218 valence electrons. The summed E-state index contributed by atoms with van der Waals surface area (Å²) in [4.78, 5) is 39.9. The molecule has 10 nitrogen and oxygen atoms in total. The van der Waals surface area contributed by atoms with Crippen molar-refractivity contribution in [2.24, 2.45) is 7.05 Å². The van der Waals surface area contributed by atoms with E-state index in [0.29, 0.717) is 6.54 Å². The molecule has 0 bridgehead atoms. The van der Waals surface area contributed by atoms with Crippen molar-refractivity contribution < 1.29 is 50.9 Å². The molecule has 2 aromatic heterocycles. The van der Waals surface area contributed by atoms with E-state index in [1.807, 2.05) is 29.5 Å². The Morgan fingerprint density at radius 1 is 1.05 bits per heavy atom. The highest BCUT2D eigenvalue weighted by Crippen LogP contribution is 2.34. The molecule has 1 spiro atoms. The Labute approximate surface area is 223 Å². The third kappa shape index (κ3) is 8.93. The van der Waals surface area contributed by atoms with Crippen molar-refractivity contribution in [1.82, 2.24) is 19.6 Å². The van der Waals surface area contributed by atoms with E-state index >= 15 is 0 Å². The normalized spacial score (nSPS) is 20.3. The first kappa shape index (κ1) is 32.0. The fraction of sp³-hybridized carbons (Fsp3) is 0.545. The highest BCUT2D eigenvalue weighted by atomic mass is 32.1. The summed E-state index contributed by atoms with van der Waals surface area (Å²) in [7, 11) is 3.98. The lowest BCUT2D eigenvalue weighted by molar-refractivity contribution is -0.193. The number of rotatable bonds is 3. The van der Waals surface area contributed by atoms with Crippen LogP contribution in [0.5, 0.6) is 0 Å². The lowest BCUT2D eigenvalue weighted by Crippen LogP contribution is -2.64. The number of aliphatic carboxylic acids is 2. The number of nitrogens with zero attached hydrogens (tertiary/aromatic N) is 5. The maximum Gasteiger partial charge on any atom is 0.490 e. The predicted octanol–water partition coefficient (Wildman–Crippen LogP) is 2.98. The molecular formula is C22H27F6N5O5S.